The van der Waals surface area contributed by atoms with Crippen molar-refractivity contribution >= 4 is 23.0 Å². The van der Waals surface area contributed by atoms with Crippen LogP contribution in [0.1, 0.15) is 31.9 Å². The van der Waals surface area contributed by atoms with Crippen LogP contribution in [0.3, 0.4) is 0 Å². The molecule has 144 valence electrons. The van der Waals surface area contributed by atoms with Crippen molar-refractivity contribution in [1.29, 1.82) is 0 Å². The third-order valence-corrected chi connectivity index (χ3v) is 5.21. The zero-order valence-corrected chi connectivity index (χ0v) is 18.0. The second kappa shape index (κ2) is 11.6. The lowest BCUT2D eigenvalue weighted by atomic mass is 9.91. The average Bonchev–Trinajstić information content (AvgIpc) is 2.73. The van der Waals surface area contributed by atoms with Gasteiger partial charge in [-0.2, -0.15) is 0 Å². The Morgan fingerprint density at radius 2 is 2.10 bits per heavy atom. The number of benzene rings is 1. The van der Waals surface area contributed by atoms with Gasteiger partial charge in [-0.15, -0.1) is 11.8 Å². The van der Waals surface area contributed by atoms with E-state index in [1.54, 1.807) is 11.8 Å². The first-order valence-electron chi connectivity index (χ1n) is 9.36. The van der Waals surface area contributed by atoms with Crippen LogP contribution in [0, 0.1) is 23.7 Å². The fourth-order valence-electron chi connectivity index (χ4n) is 2.94. The molecule has 0 aromatic heterocycles. The number of thioether (sulfide) groups is 1. The number of rotatable bonds is 6. The van der Waals surface area contributed by atoms with Gasteiger partial charge in [0, 0.05) is 11.8 Å². The summed E-state index contributed by atoms with van der Waals surface area (Å²) in [5.41, 5.74) is 6.31. The molecular weight excluding hydrogens is 370 g/mol. The van der Waals surface area contributed by atoms with Gasteiger partial charge in [0.25, 0.3) is 0 Å². The van der Waals surface area contributed by atoms with Crippen LogP contribution in [0.4, 0.5) is 0 Å². The molecule has 2 heteroatoms. The minimum Gasteiger partial charge on any atom is -0.248 e. The van der Waals surface area contributed by atoms with Crippen molar-refractivity contribution in [1.82, 2.24) is 0 Å². The van der Waals surface area contributed by atoms with Crippen molar-refractivity contribution < 1.29 is 0 Å². The number of aliphatic imine (C=N–C) groups is 1. The van der Waals surface area contributed by atoms with Gasteiger partial charge in [0.1, 0.15) is 5.71 Å². The molecule has 1 aromatic carbocycles. The quantitative estimate of drug-likeness (QED) is 0.295. The summed E-state index contributed by atoms with van der Waals surface area (Å²) < 4.78 is 0. The largest absolute Gasteiger partial charge is 0.248 e. The third kappa shape index (κ3) is 6.42. The predicted octanol–water partition coefficient (Wildman–Crippen LogP) is 6.74. The number of hydrogen-bond acceptors (Lipinski definition) is 2. The second-order valence-electron chi connectivity index (χ2n) is 6.28. The fourth-order valence-corrected chi connectivity index (χ4v) is 3.70. The van der Waals surface area contributed by atoms with E-state index in [0.29, 0.717) is 5.71 Å². The third-order valence-electron chi connectivity index (χ3n) is 4.17. The van der Waals surface area contributed by atoms with E-state index in [-0.39, 0.29) is 5.25 Å². The maximum atomic E-state index is 4.19. The first-order valence-corrected chi connectivity index (χ1v) is 10.3. The topological polar surface area (TPSA) is 12.4 Å². The Hall–Kier alpha value is -3.20. The molecule has 0 saturated carbocycles. The van der Waals surface area contributed by atoms with Crippen LogP contribution in [0.15, 0.2) is 95.6 Å². The van der Waals surface area contributed by atoms with E-state index in [0.717, 1.165) is 16.7 Å². The molecular formula is C27H25NS. The number of hydrogen-bond donors (Lipinski definition) is 0. The van der Waals surface area contributed by atoms with Crippen LogP contribution in [-0.2, 0) is 0 Å². The van der Waals surface area contributed by atoms with Crippen LogP contribution in [0.2, 0.25) is 0 Å². The molecule has 0 aliphatic carbocycles. The molecule has 1 nitrogen and oxygen atoms in total. The summed E-state index contributed by atoms with van der Waals surface area (Å²) in [6.07, 6.45) is 11.0. The van der Waals surface area contributed by atoms with Crippen molar-refractivity contribution in [2.75, 3.05) is 0 Å². The number of allylic oxidation sites excluding steroid dienone is 7. The Balaban J connectivity index is 2.54. The summed E-state index contributed by atoms with van der Waals surface area (Å²) in [5, 5.41) is 2.19. The molecule has 1 aliphatic heterocycles. The Morgan fingerprint density at radius 1 is 1.28 bits per heavy atom. The normalized spacial score (nSPS) is 17.0. The maximum Gasteiger partial charge on any atom is 0.113 e. The highest BCUT2D eigenvalue weighted by Crippen LogP contribution is 2.33. The summed E-state index contributed by atoms with van der Waals surface area (Å²) in [5.74, 6) is 12.7. The van der Waals surface area contributed by atoms with Crippen LogP contribution in [0.5, 0.6) is 0 Å². The minimum absolute atomic E-state index is 0.138. The van der Waals surface area contributed by atoms with Crippen LogP contribution in [-0.4, -0.2) is 11.0 Å². The van der Waals surface area contributed by atoms with Crippen molar-refractivity contribution in [2.24, 2.45) is 4.99 Å². The first kappa shape index (κ1) is 22.1. The predicted molar refractivity (Wildman–Crippen MR) is 131 cm³/mol. The minimum atomic E-state index is 0.138. The van der Waals surface area contributed by atoms with E-state index in [4.69, 9.17) is 0 Å². The molecule has 0 bridgehead atoms. The molecule has 1 aromatic rings. The summed E-state index contributed by atoms with van der Waals surface area (Å²) in [6, 6.07) is 8.28. The smallest absolute Gasteiger partial charge is 0.113 e. The first-order chi connectivity index (χ1) is 14.1. The number of nitrogens with zero attached hydrogens (tertiary/aromatic N) is 1. The molecule has 0 fully saturated rings. The molecule has 0 N–H and O–H groups in total. The molecule has 0 radical (unpaired) electrons. The Kier molecular flexibility index (Phi) is 8.84. The molecule has 1 aliphatic rings. The van der Waals surface area contributed by atoms with Crippen LogP contribution in [0.25, 0.3) is 5.57 Å². The highest BCUT2D eigenvalue weighted by Gasteiger charge is 2.16. The summed E-state index contributed by atoms with van der Waals surface area (Å²) in [7, 11) is 0. The van der Waals surface area contributed by atoms with Gasteiger partial charge in [0.2, 0.25) is 0 Å². The van der Waals surface area contributed by atoms with E-state index in [1.807, 2.05) is 49.4 Å². The molecule has 2 rings (SSSR count). The summed E-state index contributed by atoms with van der Waals surface area (Å²) >= 11 is 1.73. The van der Waals surface area contributed by atoms with Gasteiger partial charge in [-0.3, -0.25) is 0 Å². The Bertz CT molecular complexity index is 1050. The van der Waals surface area contributed by atoms with Gasteiger partial charge < -0.3 is 0 Å². The van der Waals surface area contributed by atoms with Crippen molar-refractivity contribution in [2.45, 2.75) is 26.0 Å². The van der Waals surface area contributed by atoms with Gasteiger partial charge in [0.05, 0.1) is 5.25 Å². The Labute approximate surface area is 179 Å². The monoisotopic (exact) mass is 395 g/mol. The zero-order valence-electron chi connectivity index (χ0n) is 17.2. The maximum absolute atomic E-state index is 4.19. The second-order valence-corrected chi connectivity index (χ2v) is 7.29. The molecule has 0 amide bonds. The standard InChI is InChI=1S/C27H25NS/c1-6-12-21(4)27(22(5)26-16-9-10-19-29-26)24-15-11-14-23(20-24)17-18-25(13-7-2)28-8-3/h6-8,10-15,19-20,26H,1,3H2,2,4-5H3/b13-7-,21-12+,27-22-,28-25?. The van der Waals surface area contributed by atoms with E-state index in [9.17, 15) is 0 Å². The molecule has 1 atom stereocenters. The molecule has 0 spiro atoms. The summed E-state index contributed by atoms with van der Waals surface area (Å²) in [6.45, 7) is 13.7. The lowest BCUT2D eigenvalue weighted by molar-refractivity contribution is 1.26. The van der Waals surface area contributed by atoms with E-state index >= 15 is 0 Å². The van der Waals surface area contributed by atoms with Gasteiger partial charge in [0.15, 0.2) is 0 Å². The van der Waals surface area contributed by atoms with Gasteiger partial charge >= 0.3 is 0 Å². The average molecular weight is 396 g/mol. The summed E-state index contributed by atoms with van der Waals surface area (Å²) in [4.78, 5) is 4.19. The van der Waals surface area contributed by atoms with Crippen molar-refractivity contribution in [3.05, 3.63) is 102 Å². The highest BCUT2D eigenvalue weighted by molar-refractivity contribution is 8.03. The van der Waals surface area contributed by atoms with Gasteiger partial charge in [-0.1, -0.05) is 61.3 Å². The zero-order chi connectivity index (χ0) is 21.1. The molecule has 0 saturated heterocycles. The van der Waals surface area contributed by atoms with Crippen LogP contribution < -0.4 is 0 Å². The molecule has 1 heterocycles. The van der Waals surface area contributed by atoms with Crippen LogP contribution >= 0.6 is 11.8 Å². The van der Waals surface area contributed by atoms with Crippen molar-refractivity contribution in [3.63, 3.8) is 0 Å². The lowest BCUT2D eigenvalue weighted by Gasteiger charge is -2.18. The van der Waals surface area contributed by atoms with E-state index in [2.05, 4.69) is 73.2 Å². The van der Waals surface area contributed by atoms with Gasteiger partial charge in [-0.05, 0) is 78.7 Å². The SMILES string of the molecule is C=C/C=C(C)/C(=C(\C)C1C#CC=CS1)c1cccc(C#CC(/C=C\C)=NC=C)c1. The van der Waals surface area contributed by atoms with Gasteiger partial charge in [-0.25, -0.2) is 4.99 Å². The van der Waals surface area contributed by atoms with E-state index < -0.39 is 0 Å². The Morgan fingerprint density at radius 3 is 2.76 bits per heavy atom. The van der Waals surface area contributed by atoms with Crippen molar-refractivity contribution in [3.8, 4) is 23.7 Å². The fraction of sp³-hybridized carbons (Fsp3) is 0.148. The molecule has 29 heavy (non-hydrogen) atoms. The molecule has 1 unspecified atom stereocenters. The van der Waals surface area contributed by atoms with E-state index in [1.165, 1.54) is 17.3 Å². The highest BCUT2D eigenvalue weighted by atomic mass is 32.2. The lowest BCUT2D eigenvalue weighted by Crippen LogP contribution is -2.06.